The van der Waals surface area contributed by atoms with Crippen molar-refractivity contribution < 1.29 is 9.18 Å². The number of benzene rings is 2. The first-order chi connectivity index (χ1) is 14.9. The van der Waals surface area contributed by atoms with Gasteiger partial charge in [0.25, 0.3) is 5.91 Å². The van der Waals surface area contributed by atoms with Crippen molar-refractivity contribution in [2.75, 3.05) is 18.4 Å². The number of rotatable bonds is 4. The molecule has 0 radical (unpaired) electrons. The average molecular weight is 521 g/mol. The summed E-state index contributed by atoms with van der Waals surface area (Å²) in [5, 5.41) is 3.90. The fourth-order valence-corrected chi connectivity index (χ4v) is 4.56. The quantitative estimate of drug-likeness (QED) is 0.377. The van der Waals surface area contributed by atoms with E-state index in [-0.39, 0.29) is 11.7 Å². The Morgan fingerprint density at radius 2 is 1.90 bits per heavy atom. The highest BCUT2D eigenvalue weighted by atomic mass is 79.9. The summed E-state index contributed by atoms with van der Waals surface area (Å²) in [7, 11) is 0. The van der Waals surface area contributed by atoms with Crippen LogP contribution in [-0.4, -0.2) is 28.9 Å². The summed E-state index contributed by atoms with van der Waals surface area (Å²) in [6.07, 6.45) is 3.15. The average Bonchev–Trinajstić information content (AvgIpc) is 2.77. The van der Waals surface area contributed by atoms with Crippen LogP contribution in [0.3, 0.4) is 0 Å². The van der Waals surface area contributed by atoms with Crippen molar-refractivity contribution in [2.45, 2.75) is 23.8 Å². The predicted octanol–water partition coefficient (Wildman–Crippen LogP) is 6.69. The van der Waals surface area contributed by atoms with Crippen molar-refractivity contribution in [3.8, 4) is 0 Å². The van der Waals surface area contributed by atoms with Crippen LogP contribution in [-0.2, 0) is 0 Å². The molecule has 8 heteroatoms. The monoisotopic (exact) mass is 519 g/mol. The molecule has 0 atom stereocenters. The van der Waals surface area contributed by atoms with Gasteiger partial charge in [0.1, 0.15) is 10.8 Å². The Kier molecular flexibility index (Phi) is 6.84. The van der Waals surface area contributed by atoms with E-state index in [2.05, 4.69) is 38.9 Å². The maximum atomic E-state index is 13.3. The van der Waals surface area contributed by atoms with E-state index in [1.54, 1.807) is 0 Å². The van der Waals surface area contributed by atoms with E-state index >= 15 is 0 Å². The first-order valence-corrected chi connectivity index (χ1v) is 11.5. The van der Waals surface area contributed by atoms with Gasteiger partial charge in [-0.1, -0.05) is 45.7 Å². The number of hydrogen-bond acceptors (Lipinski definition) is 4. The number of halogens is 3. The van der Waals surface area contributed by atoms with Crippen LogP contribution < -0.4 is 5.32 Å². The summed E-state index contributed by atoms with van der Waals surface area (Å²) in [6.45, 7) is 1.22. The van der Waals surface area contributed by atoms with Gasteiger partial charge < -0.3 is 10.2 Å². The van der Waals surface area contributed by atoms with E-state index in [0.29, 0.717) is 40.3 Å². The molecule has 2 aromatic carbocycles. The van der Waals surface area contributed by atoms with Gasteiger partial charge in [0.2, 0.25) is 0 Å². The highest BCUT2D eigenvalue weighted by Gasteiger charge is 2.27. The van der Waals surface area contributed by atoms with Gasteiger partial charge >= 0.3 is 0 Å². The van der Waals surface area contributed by atoms with Crippen LogP contribution in [0.2, 0.25) is 5.02 Å². The van der Waals surface area contributed by atoms with Crippen LogP contribution in [0.4, 0.5) is 15.8 Å². The van der Waals surface area contributed by atoms with Crippen molar-refractivity contribution in [3.05, 3.63) is 81.2 Å². The number of nitrogens with zero attached hydrogens (tertiary/aromatic N) is 2. The minimum absolute atomic E-state index is 0.127. The largest absolute Gasteiger partial charge is 0.353 e. The third kappa shape index (κ3) is 5.05. The van der Waals surface area contributed by atoms with Crippen LogP contribution in [0.5, 0.6) is 0 Å². The Hall–Kier alpha value is -2.09. The summed E-state index contributed by atoms with van der Waals surface area (Å²) < 4.78 is 14.1. The Morgan fingerprint density at radius 3 is 2.58 bits per heavy atom. The van der Waals surface area contributed by atoms with E-state index in [4.69, 9.17) is 11.6 Å². The molecule has 0 saturated carbocycles. The first kappa shape index (κ1) is 22.1. The molecule has 0 aliphatic carbocycles. The second kappa shape index (κ2) is 9.59. The summed E-state index contributed by atoms with van der Waals surface area (Å²) in [6, 6.07) is 14.2. The Morgan fingerprint density at radius 1 is 1.19 bits per heavy atom. The summed E-state index contributed by atoms with van der Waals surface area (Å²) in [5.41, 5.74) is 2.79. The molecule has 1 fully saturated rings. The number of thiol groups is 1. The molecule has 0 spiro atoms. The lowest BCUT2D eigenvalue weighted by Crippen LogP contribution is -2.38. The van der Waals surface area contributed by atoms with Gasteiger partial charge in [0.15, 0.2) is 0 Å². The van der Waals surface area contributed by atoms with Crippen molar-refractivity contribution in [2.24, 2.45) is 0 Å². The molecule has 31 heavy (non-hydrogen) atoms. The number of piperidine rings is 1. The molecule has 1 aliphatic rings. The topological polar surface area (TPSA) is 45.2 Å². The zero-order chi connectivity index (χ0) is 22.0. The highest BCUT2D eigenvalue weighted by Crippen LogP contribution is 2.35. The summed E-state index contributed by atoms with van der Waals surface area (Å²) in [4.78, 5) is 19.3. The second-order valence-electron chi connectivity index (χ2n) is 7.44. The molecule has 160 valence electrons. The smallest absolute Gasteiger partial charge is 0.257 e. The number of amides is 1. The van der Waals surface area contributed by atoms with E-state index in [1.807, 2.05) is 41.3 Å². The van der Waals surface area contributed by atoms with Crippen LogP contribution in [0, 0.1) is 5.82 Å². The van der Waals surface area contributed by atoms with Crippen LogP contribution in [0.15, 0.2) is 64.2 Å². The fourth-order valence-electron chi connectivity index (χ4n) is 3.79. The minimum atomic E-state index is -0.237. The minimum Gasteiger partial charge on any atom is -0.353 e. The number of carbonyl (C=O) groups excluding carboxylic acids is 1. The Bertz CT molecular complexity index is 1100. The van der Waals surface area contributed by atoms with E-state index in [1.165, 1.54) is 18.3 Å². The lowest BCUT2D eigenvalue weighted by Gasteiger charge is -2.32. The van der Waals surface area contributed by atoms with Gasteiger partial charge in [0, 0.05) is 29.4 Å². The Balaban J connectivity index is 1.53. The van der Waals surface area contributed by atoms with Gasteiger partial charge in [-0.3, -0.25) is 4.79 Å². The molecule has 1 aromatic heterocycles. The molecular weight excluding hydrogens is 501 g/mol. The van der Waals surface area contributed by atoms with Crippen molar-refractivity contribution in [3.63, 3.8) is 0 Å². The fraction of sp³-hybridized carbons (Fsp3) is 0.217. The molecule has 0 bridgehead atoms. The zero-order valence-electron chi connectivity index (χ0n) is 16.5. The van der Waals surface area contributed by atoms with Gasteiger partial charge in [-0.2, -0.15) is 0 Å². The van der Waals surface area contributed by atoms with E-state index < -0.39 is 0 Å². The third-order valence-corrected chi connectivity index (χ3v) is 6.78. The number of nitrogens with one attached hydrogen (secondary N) is 1. The highest BCUT2D eigenvalue weighted by molar-refractivity contribution is 9.10. The van der Waals surface area contributed by atoms with E-state index in [9.17, 15) is 9.18 Å². The van der Waals surface area contributed by atoms with Gasteiger partial charge in [0.05, 0.1) is 16.3 Å². The molecule has 4 nitrogen and oxygen atoms in total. The number of hydrogen-bond donors (Lipinski definition) is 2. The Labute approximate surface area is 199 Å². The normalized spacial score (nSPS) is 14.5. The number of carbonyl (C=O) groups is 1. The van der Waals surface area contributed by atoms with Gasteiger partial charge in [-0.25, -0.2) is 9.37 Å². The number of anilines is 2. The standard InChI is InChI=1S/C23H20BrClFN3OS/c24-16-2-1-3-18(12-16)28-21-19(13-27-22(31)20(21)25)23(30)29-10-8-15(9-11-29)14-4-6-17(26)7-5-14/h1-7,12-13,15H,8-11H2,(H2,27,28,31). The SMILES string of the molecule is O=C(c1cnc(S)c(Cl)c1Nc1cccc(Br)c1)N1CCC(c2ccc(F)cc2)CC1. The van der Waals surface area contributed by atoms with Crippen LogP contribution >= 0.6 is 40.2 Å². The molecule has 2 heterocycles. The molecule has 1 saturated heterocycles. The second-order valence-corrected chi connectivity index (χ2v) is 9.16. The zero-order valence-corrected chi connectivity index (χ0v) is 19.7. The molecule has 1 aliphatic heterocycles. The lowest BCUT2D eigenvalue weighted by atomic mass is 9.89. The molecule has 4 rings (SSSR count). The lowest BCUT2D eigenvalue weighted by molar-refractivity contribution is 0.0713. The van der Waals surface area contributed by atoms with Crippen LogP contribution in [0.25, 0.3) is 0 Å². The van der Waals surface area contributed by atoms with Gasteiger partial charge in [-0.05, 0) is 54.7 Å². The van der Waals surface area contributed by atoms with Crippen LogP contribution in [0.1, 0.15) is 34.7 Å². The van der Waals surface area contributed by atoms with Crippen molar-refractivity contribution >= 4 is 57.4 Å². The van der Waals surface area contributed by atoms with E-state index in [0.717, 1.165) is 28.6 Å². The molecule has 0 unspecified atom stereocenters. The molecular formula is C23H20BrClFN3OS. The molecule has 1 N–H and O–H groups in total. The first-order valence-electron chi connectivity index (χ1n) is 9.87. The summed E-state index contributed by atoms with van der Waals surface area (Å²) >= 11 is 14.2. The third-order valence-electron chi connectivity index (χ3n) is 5.45. The maximum absolute atomic E-state index is 13.3. The van der Waals surface area contributed by atoms with Crippen molar-refractivity contribution in [1.29, 1.82) is 0 Å². The number of likely N-dealkylation sites (tertiary alicyclic amines) is 1. The maximum Gasteiger partial charge on any atom is 0.257 e. The number of aromatic nitrogens is 1. The van der Waals surface area contributed by atoms with Gasteiger partial charge in [-0.15, -0.1) is 12.6 Å². The summed E-state index contributed by atoms with van der Waals surface area (Å²) in [5.74, 6) is -0.0536. The number of pyridine rings is 1. The van der Waals surface area contributed by atoms with Crippen molar-refractivity contribution in [1.82, 2.24) is 9.88 Å². The molecule has 1 amide bonds. The predicted molar refractivity (Wildman–Crippen MR) is 128 cm³/mol. The molecule has 3 aromatic rings.